The fraction of sp³-hybridized carbons (Fsp3) is 0.438. The average Bonchev–Trinajstić information content (AvgIpc) is 3.02. The highest BCUT2D eigenvalue weighted by atomic mass is 35.5. The minimum Gasteiger partial charge on any atom is -0.465 e. The van der Waals surface area contributed by atoms with Crippen LogP contribution in [0.2, 0.25) is 10.0 Å². The van der Waals surface area contributed by atoms with Crippen LogP contribution >= 0.6 is 23.2 Å². The van der Waals surface area contributed by atoms with E-state index in [1.54, 1.807) is 12.1 Å². The summed E-state index contributed by atoms with van der Waals surface area (Å²) in [5.74, 6) is 0. The molecule has 0 aromatic heterocycles. The first kappa shape index (κ1) is 18.5. The first-order chi connectivity index (χ1) is 11.8. The molecule has 25 heavy (non-hydrogen) atoms. The van der Waals surface area contributed by atoms with Gasteiger partial charge in [-0.25, -0.2) is 13.2 Å². The van der Waals surface area contributed by atoms with Crippen molar-refractivity contribution < 1.29 is 18.3 Å². The second-order valence-electron chi connectivity index (χ2n) is 6.18. The Morgan fingerprint density at radius 3 is 2.56 bits per heavy atom. The Labute approximate surface area is 156 Å². The number of carbonyl (C=O) groups is 1. The summed E-state index contributed by atoms with van der Waals surface area (Å²) in [6.45, 7) is 1.01. The minimum atomic E-state index is -3.63. The lowest BCUT2D eigenvalue weighted by Gasteiger charge is -2.27. The highest BCUT2D eigenvalue weighted by molar-refractivity contribution is 7.92. The molecule has 1 fully saturated rings. The van der Waals surface area contributed by atoms with E-state index in [4.69, 9.17) is 28.3 Å². The van der Waals surface area contributed by atoms with E-state index in [2.05, 4.69) is 0 Å². The molecule has 136 valence electrons. The Bertz CT molecular complexity index is 826. The van der Waals surface area contributed by atoms with Crippen molar-refractivity contribution in [3.8, 4) is 0 Å². The Morgan fingerprint density at radius 1 is 1.20 bits per heavy atom. The number of hydrogen-bond donors (Lipinski definition) is 1. The highest BCUT2D eigenvalue weighted by Crippen LogP contribution is 2.30. The number of hydrogen-bond acceptors (Lipinski definition) is 3. The summed E-state index contributed by atoms with van der Waals surface area (Å²) in [7, 11) is -3.63. The number of nitrogens with zero attached hydrogens (tertiary/aromatic N) is 2. The van der Waals surface area contributed by atoms with E-state index in [1.807, 2.05) is 0 Å². The van der Waals surface area contributed by atoms with Crippen molar-refractivity contribution in [3.63, 3.8) is 0 Å². The number of amides is 1. The molecule has 1 atom stereocenters. The van der Waals surface area contributed by atoms with Crippen molar-refractivity contribution in [1.82, 2.24) is 9.21 Å². The molecular formula is C16H18Cl2N2O4S. The zero-order chi connectivity index (χ0) is 18.2. The molecule has 0 aliphatic carbocycles. The molecule has 6 nitrogen and oxygen atoms in total. The van der Waals surface area contributed by atoms with E-state index in [0.717, 1.165) is 23.0 Å². The zero-order valence-corrected chi connectivity index (χ0v) is 15.7. The molecule has 2 aliphatic heterocycles. The maximum absolute atomic E-state index is 12.6. The van der Waals surface area contributed by atoms with E-state index < -0.39 is 22.2 Å². The molecule has 1 saturated heterocycles. The molecule has 1 amide bonds. The van der Waals surface area contributed by atoms with Gasteiger partial charge in [-0.05, 0) is 48.6 Å². The lowest BCUT2D eigenvalue weighted by atomic mass is 10.0. The minimum absolute atomic E-state index is 0.228. The van der Waals surface area contributed by atoms with Gasteiger partial charge < -0.3 is 10.0 Å². The third-order valence-corrected chi connectivity index (χ3v) is 6.85. The standard InChI is InChI=1S/C16H18Cl2N2O4S/c17-14-8-11-3-6-19(10-12(11)9-15(14)18)25(23,24)7-4-13-2-1-5-20(13)16(21)22/h4,7-9,13H,1-3,5-6,10H2,(H,21,22)/b7-4+. The SMILES string of the molecule is O=C(O)N1CCCC1/C=C/S(=O)(=O)N1CCc2cc(Cl)c(Cl)cc2C1. The van der Waals surface area contributed by atoms with Crippen LogP contribution in [0.4, 0.5) is 4.79 Å². The molecule has 9 heteroatoms. The largest absolute Gasteiger partial charge is 0.465 e. The molecule has 1 aromatic rings. The normalized spacial score (nSPS) is 21.7. The van der Waals surface area contributed by atoms with Gasteiger partial charge in [0.1, 0.15) is 0 Å². The maximum atomic E-state index is 12.6. The van der Waals surface area contributed by atoms with Crippen LogP contribution in [0, 0.1) is 0 Å². The number of benzene rings is 1. The van der Waals surface area contributed by atoms with E-state index in [-0.39, 0.29) is 6.54 Å². The molecule has 0 spiro atoms. The molecule has 2 heterocycles. The topological polar surface area (TPSA) is 77.9 Å². The summed E-state index contributed by atoms with van der Waals surface area (Å²) in [5.41, 5.74) is 1.84. The lowest BCUT2D eigenvalue weighted by Crippen LogP contribution is -2.36. The van der Waals surface area contributed by atoms with Crippen LogP contribution < -0.4 is 0 Å². The van der Waals surface area contributed by atoms with Crippen molar-refractivity contribution in [2.24, 2.45) is 0 Å². The number of carboxylic acid groups (broad SMARTS) is 1. The van der Waals surface area contributed by atoms with Crippen LogP contribution in [0.5, 0.6) is 0 Å². The van der Waals surface area contributed by atoms with Crippen LogP contribution in [0.25, 0.3) is 0 Å². The van der Waals surface area contributed by atoms with E-state index in [1.165, 1.54) is 15.3 Å². The third-order valence-electron chi connectivity index (χ3n) is 4.60. The van der Waals surface area contributed by atoms with Gasteiger partial charge in [0.15, 0.2) is 0 Å². The van der Waals surface area contributed by atoms with Gasteiger partial charge in [0.25, 0.3) is 0 Å². The monoisotopic (exact) mass is 404 g/mol. The summed E-state index contributed by atoms with van der Waals surface area (Å²) in [6, 6.07) is 3.09. The Balaban J connectivity index is 1.76. The summed E-state index contributed by atoms with van der Waals surface area (Å²) in [5, 5.41) is 11.1. The number of fused-ring (bicyclic) bond motifs is 1. The van der Waals surface area contributed by atoms with Crippen molar-refractivity contribution in [2.75, 3.05) is 13.1 Å². The van der Waals surface area contributed by atoms with Crippen molar-refractivity contribution >= 4 is 39.3 Å². The molecule has 3 rings (SSSR count). The smallest absolute Gasteiger partial charge is 0.407 e. The van der Waals surface area contributed by atoms with E-state index in [9.17, 15) is 13.2 Å². The summed E-state index contributed by atoms with van der Waals surface area (Å²) < 4.78 is 26.6. The Morgan fingerprint density at radius 2 is 1.88 bits per heavy atom. The van der Waals surface area contributed by atoms with Crippen LogP contribution in [-0.4, -0.2) is 48.0 Å². The number of halogens is 2. The number of sulfonamides is 1. The molecule has 0 saturated carbocycles. The lowest BCUT2D eigenvalue weighted by molar-refractivity contribution is 0.147. The van der Waals surface area contributed by atoms with Crippen molar-refractivity contribution in [3.05, 3.63) is 44.8 Å². The van der Waals surface area contributed by atoms with Gasteiger partial charge in [0.05, 0.1) is 16.1 Å². The van der Waals surface area contributed by atoms with E-state index in [0.29, 0.717) is 36.0 Å². The fourth-order valence-corrected chi connectivity index (χ4v) is 4.84. The van der Waals surface area contributed by atoms with Crippen LogP contribution in [-0.2, 0) is 23.0 Å². The van der Waals surface area contributed by atoms with Gasteiger partial charge in [-0.2, -0.15) is 4.31 Å². The fourth-order valence-electron chi connectivity index (χ4n) is 3.25. The maximum Gasteiger partial charge on any atom is 0.407 e. The molecule has 0 radical (unpaired) electrons. The number of rotatable bonds is 3. The highest BCUT2D eigenvalue weighted by Gasteiger charge is 2.29. The Hall–Kier alpha value is -1.28. The molecule has 1 N–H and O–H groups in total. The van der Waals surface area contributed by atoms with Crippen LogP contribution in [0.15, 0.2) is 23.6 Å². The van der Waals surface area contributed by atoms with Gasteiger partial charge in [-0.3, -0.25) is 0 Å². The Kier molecular flexibility index (Phi) is 5.29. The first-order valence-electron chi connectivity index (χ1n) is 7.92. The molecule has 2 aliphatic rings. The van der Waals surface area contributed by atoms with Gasteiger partial charge in [-0.15, -0.1) is 0 Å². The summed E-state index contributed by atoms with van der Waals surface area (Å²) in [4.78, 5) is 12.4. The molecule has 1 aromatic carbocycles. The summed E-state index contributed by atoms with van der Waals surface area (Å²) in [6.07, 6.45) is 2.38. The van der Waals surface area contributed by atoms with Gasteiger partial charge in [0.2, 0.25) is 10.0 Å². The van der Waals surface area contributed by atoms with Crippen molar-refractivity contribution in [2.45, 2.75) is 31.8 Å². The second-order valence-corrected chi connectivity index (χ2v) is 8.81. The molecule has 1 unspecified atom stereocenters. The zero-order valence-electron chi connectivity index (χ0n) is 13.4. The predicted octanol–water partition coefficient (Wildman–Crippen LogP) is 3.34. The van der Waals surface area contributed by atoms with Gasteiger partial charge in [0, 0.05) is 25.0 Å². The van der Waals surface area contributed by atoms with Crippen molar-refractivity contribution in [1.29, 1.82) is 0 Å². The third kappa shape index (κ3) is 3.95. The summed E-state index contributed by atoms with van der Waals surface area (Å²) >= 11 is 12.0. The quantitative estimate of drug-likeness (QED) is 0.837. The van der Waals surface area contributed by atoms with Crippen LogP contribution in [0.3, 0.4) is 0 Å². The molecule has 0 bridgehead atoms. The van der Waals surface area contributed by atoms with Crippen LogP contribution in [0.1, 0.15) is 24.0 Å². The van der Waals surface area contributed by atoms with E-state index >= 15 is 0 Å². The van der Waals surface area contributed by atoms with Gasteiger partial charge in [-0.1, -0.05) is 23.2 Å². The predicted molar refractivity (Wildman–Crippen MR) is 96.4 cm³/mol. The average molecular weight is 405 g/mol. The first-order valence-corrected chi connectivity index (χ1v) is 10.2. The second kappa shape index (κ2) is 7.15. The number of likely N-dealkylation sites (tertiary alicyclic amines) is 1. The molecular weight excluding hydrogens is 387 g/mol. The van der Waals surface area contributed by atoms with Gasteiger partial charge >= 0.3 is 6.09 Å².